The van der Waals surface area contributed by atoms with Crippen molar-refractivity contribution in [3.8, 4) is 0 Å². The van der Waals surface area contributed by atoms with Gasteiger partial charge in [-0.2, -0.15) is 0 Å². The topological polar surface area (TPSA) is 53.8 Å². The molecule has 2 amide bonds. The lowest BCUT2D eigenvalue weighted by Gasteiger charge is -2.27. The molecule has 1 fully saturated rings. The van der Waals surface area contributed by atoms with Crippen molar-refractivity contribution in [3.05, 3.63) is 95.9 Å². The Hall–Kier alpha value is -3.34. The van der Waals surface area contributed by atoms with Crippen molar-refractivity contribution >= 4 is 11.8 Å². The Bertz CT molecular complexity index is 1000. The third kappa shape index (κ3) is 5.47. The highest BCUT2D eigenvalue weighted by Crippen LogP contribution is 2.48. The molecule has 1 saturated carbocycles. The van der Waals surface area contributed by atoms with E-state index in [1.165, 1.54) is 5.56 Å². The molecule has 5 heteroatoms. The first-order valence-corrected chi connectivity index (χ1v) is 11.3. The van der Waals surface area contributed by atoms with E-state index in [0.29, 0.717) is 19.6 Å². The van der Waals surface area contributed by atoms with E-state index in [4.69, 9.17) is 4.42 Å². The first kappa shape index (κ1) is 21.9. The second-order valence-electron chi connectivity index (χ2n) is 8.43. The normalized spacial score (nSPS) is 17.0. The minimum absolute atomic E-state index is 0.0237. The van der Waals surface area contributed by atoms with Crippen molar-refractivity contribution in [3.63, 3.8) is 0 Å². The summed E-state index contributed by atoms with van der Waals surface area (Å²) >= 11 is 0. The zero-order valence-electron chi connectivity index (χ0n) is 18.5. The quantitative estimate of drug-likeness (QED) is 0.462. The van der Waals surface area contributed by atoms with E-state index >= 15 is 0 Å². The van der Waals surface area contributed by atoms with E-state index in [1.54, 1.807) is 16.1 Å². The van der Waals surface area contributed by atoms with Crippen LogP contribution in [0.15, 0.2) is 83.5 Å². The van der Waals surface area contributed by atoms with Crippen LogP contribution in [0.2, 0.25) is 0 Å². The summed E-state index contributed by atoms with van der Waals surface area (Å²) in [7, 11) is 0. The van der Waals surface area contributed by atoms with Crippen molar-refractivity contribution in [2.24, 2.45) is 5.92 Å². The van der Waals surface area contributed by atoms with Gasteiger partial charge in [0.25, 0.3) is 0 Å². The maximum Gasteiger partial charge on any atom is 0.242 e. The molecule has 0 saturated heterocycles. The van der Waals surface area contributed by atoms with E-state index in [1.807, 2.05) is 67.6 Å². The third-order valence-electron chi connectivity index (χ3n) is 5.96. The highest BCUT2D eigenvalue weighted by atomic mass is 16.3. The van der Waals surface area contributed by atoms with Crippen LogP contribution in [0.1, 0.15) is 42.6 Å². The van der Waals surface area contributed by atoms with Crippen LogP contribution in [0, 0.1) is 5.92 Å². The van der Waals surface area contributed by atoms with Crippen molar-refractivity contribution in [1.29, 1.82) is 0 Å². The number of nitrogens with zero attached hydrogens (tertiary/aromatic N) is 2. The van der Waals surface area contributed by atoms with Crippen LogP contribution >= 0.6 is 0 Å². The number of hydrogen-bond acceptors (Lipinski definition) is 3. The molecule has 1 aliphatic rings. The standard InChI is InChI=1S/C27H30N2O3/c1-2-15-28(27(31)25-17-24(25)22-12-7-4-8-13-22)20-26(30)29(19-23-14-9-16-32-23)18-21-10-5-3-6-11-21/h3-14,16,24-25H,2,15,17-20H2,1H3. The predicted molar refractivity (Wildman–Crippen MR) is 124 cm³/mol. The molecule has 32 heavy (non-hydrogen) atoms. The van der Waals surface area contributed by atoms with Crippen molar-refractivity contribution in [2.45, 2.75) is 38.8 Å². The molecule has 4 rings (SSSR count). The highest BCUT2D eigenvalue weighted by molar-refractivity contribution is 5.88. The Morgan fingerprint density at radius 2 is 1.62 bits per heavy atom. The van der Waals surface area contributed by atoms with Gasteiger partial charge in [-0.15, -0.1) is 0 Å². The summed E-state index contributed by atoms with van der Waals surface area (Å²) in [5, 5.41) is 0. The van der Waals surface area contributed by atoms with Crippen LogP contribution in [0.5, 0.6) is 0 Å². The van der Waals surface area contributed by atoms with Gasteiger partial charge in [0.15, 0.2) is 0 Å². The second kappa shape index (κ2) is 10.3. The van der Waals surface area contributed by atoms with Crippen LogP contribution in [0.3, 0.4) is 0 Å². The average molecular weight is 431 g/mol. The lowest BCUT2D eigenvalue weighted by molar-refractivity contribution is -0.142. The molecule has 2 unspecified atom stereocenters. The van der Waals surface area contributed by atoms with Gasteiger partial charge in [0.05, 0.1) is 19.4 Å². The molecular weight excluding hydrogens is 400 g/mol. The Morgan fingerprint density at radius 3 is 2.28 bits per heavy atom. The van der Waals surface area contributed by atoms with E-state index in [9.17, 15) is 9.59 Å². The number of benzene rings is 2. The number of carbonyl (C=O) groups is 2. The molecule has 0 N–H and O–H groups in total. The Kier molecular flexibility index (Phi) is 7.05. The molecule has 0 aliphatic heterocycles. The molecule has 5 nitrogen and oxygen atoms in total. The predicted octanol–water partition coefficient (Wildman–Crippen LogP) is 4.85. The summed E-state index contributed by atoms with van der Waals surface area (Å²) in [5.41, 5.74) is 2.25. The number of amides is 2. The van der Waals surface area contributed by atoms with Crippen LogP contribution in [0.4, 0.5) is 0 Å². The van der Waals surface area contributed by atoms with Gasteiger partial charge in [0.1, 0.15) is 5.76 Å². The molecule has 1 aromatic heterocycles. The molecule has 3 aromatic rings. The fraction of sp³-hybridized carbons (Fsp3) is 0.333. The van der Waals surface area contributed by atoms with Gasteiger partial charge < -0.3 is 14.2 Å². The minimum atomic E-state index is -0.0658. The van der Waals surface area contributed by atoms with Gasteiger partial charge in [-0.05, 0) is 42.0 Å². The first-order valence-electron chi connectivity index (χ1n) is 11.3. The molecular formula is C27H30N2O3. The highest BCUT2D eigenvalue weighted by Gasteiger charge is 2.45. The van der Waals surface area contributed by atoms with E-state index in [-0.39, 0.29) is 30.2 Å². The average Bonchev–Trinajstić information content (AvgIpc) is 3.46. The maximum atomic E-state index is 13.3. The molecule has 0 bridgehead atoms. The van der Waals surface area contributed by atoms with Gasteiger partial charge in [-0.3, -0.25) is 9.59 Å². The summed E-state index contributed by atoms with van der Waals surface area (Å²) in [4.78, 5) is 30.1. The van der Waals surface area contributed by atoms with Crippen molar-refractivity contribution < 1.29 is 14.0 Å². The molecule has 0 radical (unpaired) electrons. The Labute approximate surface area is 189 Å². The van der Waals surface area contributed by atoms with Gasteiger partial charge in [0, 0.05) is 19.0 Å². The van der Waals surface area contributed by atoms with Crippen LogP contribution in [-0.4, -0.2) is 34.7 Å². The summed E-state index contributed by atoms with van der Waals surface area (Å²) in [6.45, 7) is 3.58. The summed E-state index contributed by atoms with van der Waals surface area (Å²) < 4.78 is 5.49. The largest absolute Gasteiger partial charge is 0.467 e. The van der Waals surface area contributed by atoms with Gasteiger partial charge in [-0.1, -0.05) is 67.6 Å². The van der Waals surface area contributed by atoms with E-state index in [2.05, 4.69) is 12.1 Å². The summed E-state index contributed by atoms with van der Waals surface area (Å²) in [6.07, 6.45) is 3.29. The fourth-order valence-electron chi connectivity index (χ4n) is 4.20. The van der Waals surface area contributed by atoms with Crippen molar-refractivity contribution in [1.82, 2.24) is 9.80 Å². The van der Waals surface area contributed by atoms with Crippen LogP contribution in [-0.2, 0) is 22.7 Å². The van der Waals surface area contributed by atoms with Gasteiger partial charge in [-0.25, -0.2) is 0 Å². The minimum Gasteiger partial charge on any atom is -0.467 e. The Morgan fingerprint density at radius 1 is 0.906 bits per heavy atom. The smallest absolute Gasteiger partial charge is 0.242 e. The molecule has 2 aromatic carbocycles. The second-order valence-corrected chi connectivity index (χ2v) is 8.43. The first-order chi connectivity index (χ1) is 15.7. The zero-order chi connectivity index (χ0) is 22.3. The fourth-order valence-corrected chi connectivity index (χ4v) is 4.20. The van der Waals surface area contributed by atoms with Gasteiger partial charge in [0.2, 0.25) is 11.8 Å². The number of carbonyl (C=O) groups excluding carboxylic acids is 2. The SMILES string of the molecule is CCCN(CC(=O)N(Cc1ccccc1)Cc1ccco1)C(=O)C1CC1c1ccccc1. The molecule has 0 spiro atoms. The lowest BCUT2D eigenvalue weighted by atomic mass is 10.1. The summed E-state index contributed by atoms with van der Waals surface area (Å²) in [5.74, 6) is 0.996. The maximum absolute atomic E-state index is 13.3. The molecule has 1 aliphatic carbocycles. The Balaban J connectivity index is 1.45. The van der Waals surface area contributed by atoms with Crippen LogP contribution in [0.25, 0.3) is 0 Å². The molecule has 166 valence electrons. The van der Waals surface area contributed by atoms with Crippen LogP contribution < -0.4 is 0 Å². The molecule has 1 heterocycles. The van der Waals surface area contributed by atoms with Crippen molar-refractivity contribution in [2.75, 3.05) is 13.1 Å². The monoisotopic (exact) mass is 430 g/mol. The molecule has 2 atom stereocenters. The van der Waals surface area contributed by atoms with E-state index in [0.717, 1.165) is 24.2 Å². The third-order valence-corrected chi connectivity index (χ3v) is 5.96. The van der Waals surface area contributed by atoms with E-state index < -0.39 is 0 Å². The number of rotatable bonds is 10. The summed E-state index contributed by atoms with van der Waals surface area (Å²) in [6, 6.07) is 23.8. The number of furan rings is 1. The number of hydrogen-bond donors (Lipinski definition) is 0. The van der Waals surface area contributed by atoms with Gasteiger partial charge >= 0.3 is 0 Å². The lowest BCUT2D eigenvalue weighted by Crippen LogP contribution is -2.43. The zero-order valence-corrected chi connectivity index (χ0v) is 18.5.